The van der Waals surface area contributed by atoms with Crippen LogP contribution in [0.5, 0.6) is 0 Å². The highest BCUT2D eigenvalue weighted by Crippen LogP contribution is 2.26. The lowest BCUT2D eigenvalue weighted by atomic mass is 9.91. The van der Waals surface area contributed by atoms with Crippen LogP contribution in [-0.4, -0.2) is 40.1 Å². The van der Waals surface area contributed by atoms with Crippen LogP contribution in [0.3, 0.4) is 0 Å². The summed E-state index contributed by atoms with van der Waals surface area (Å²) in [4.78, 5) is 18.1. The van der Waals surface area contributed by atoms with Gasteiger partial charge in [-0.25, -0.2) is 4.98 Å². The van der Waals surface area contributed by atoms with Gasteiger partial charge in [-0.05, 0) is 26.2 Å². The van der Waals surface area contributed by atoms with E-state index in [0.717, 1.165) is 17.8 Å². The van der Waals surface area contributed by atoms with E-state index >= 15 is 0 Å². The Morgan fingerprint density at radius 1 is 1.69 bits per heavy atom. The molecule has 1 fully saturated rings. The van der Waals surface area contributed by atoms with Crippen molar-refractivity contribution in [2.45, 2.75) is 32.2 Å². The molecule has 1 heterocycles. The average Bonchev–Trinajstić information content (AvgIpc) is 2.60. The molecule has 1 aromatic rings. The van der Waals surface area contributed by atoms with Gasteiger partial charge in [-0.3, -0.25) is 4.79 Å². The second-order valence-electron chi connectivity index (χ2n) is 4.06. The van der Waals surface area contributed by atoms with Gasteiger partial charge in [-0.2, -0.15) is 0 Å². The van der Waals surface area contributed by atoms with Gasteiger partial charge >= 0.3 is 0 Å². The van der Waals surface area contributed by atoms with Gasteiger partial charge in [0.25, 0.3) is 5.91 Å². The van der Waals surface area contributed by atoms with Crippen LogP contribution in [0.1, 0.15) is 34.8 Å². The van der Waals surface area contributed by atoms with Crippen LogP contribution in [0.2, 0.25) is 0 Å². The molecular weight excluding hydrogens is 224 g/mol. The Labute approximate surface area is 98.9 Å². The van der Waals surface area contributed by atoms with E-state index in [9.17, 15) is 4.79 Å². The maximum atomic E-state index is 12.1. The number of carbonyl (C=O) groups is 1. The zero-order valence-electron chi connectivity index (χ0n) is 9.35. The molecule has 1 N–H and O–H groups in total. The molecule has 0 spiro atoms. The smallest absolute Gasteiger partial charge is 0.273 e. The summed E-state index contributed by atoms with van der Waals surface area (Å²) in [6, 6.07) is 0.307. The predicted octanol–water partition coefficient (Wildman–Crippen LogP) is 1.44. The van der Waals surface area contributed by atoms with E-state index in [1.54, 1.807) is 10.3 Å². The Morgan fingerprint density at radius 2 is 2.44 bits per heavy atom. The second-order valence-corrected chi connectivity index (χ2v) is 5.12. The molecule has 16 heavy (non-hydrogen) atoms. The Balaban J connectivity index is 2.09. The molecule has 1 aromatic heterocycles. The molecule has 1 aliphatic rings. The fourth-order valence-electron chi connectivity index (χ4n) is 1.86. The zero-order valence-corrected chi connectivity index (χ0v) is 10.2. The molecule has 0 aliphatic heterocycles. The standard InChI is InChI=1S/C11H16N2O2S/c1-8-12-10(7-16-8)11(15)13(5-6-14)9-3-2-4-9/h7,9,14H,2-6H2,1H3. The number of aromatic nitrogens is 1. The second kappa shape index (κ2) is 4.93. The van der Waals surface area contributed by atoms with Gasteiger partial charge in [-0.15, -0.1) is 11.3 Å². The number of hydrogen-bond acceptors (Lipinski definition) is 4. The van der Waals surface area contributed by atoms with Crippen molar-refractivity contribution < 1.29 is 9.90 Å². The highest BCUT2D eigenvalue weighted by atomic mass is 32.1. The summed E-state index contributed by atoms with van der Waals surface area (Å²) in [5, 5.41) is 11.7. The van der Waals surface area contributed by atoms with Crippen LogP contribution in [0.15, 0.2) is 5.38 Å². The summed E-state index contributed by atoms with van der Waals surface area (Å²) < 4.78 is 0. The molecule has 0 radical (unpaired) electrons. The topological polar surface area (TPSA) is 53.4 Å². The zero-order chi connectivity index (χ0) is 11.5. The molecule has 0 saturated heterocycles. The predicted molar refractivity (Wildman–Crippen MR) is 62.6 cm³/mol. The highest BCUT2D eigenvalue weighted by molar-refractivity contribution is 7.09. The van der Waals surface area contributed by atoms with Gasteiger partial charge in [0.05, 0.1) is 11.6 Å². The summed E-state index contributed by atoms with van der Waals surface area (Å²) in [5.74, 6) is -0.0388. The quantitative estimate of drug-likeness (QED) is 0.866. The number of rotatable bonds is 4. The molecule has 4 nitrogen and oxygen atoms in total. The van der Waals surface area contributed by atoms with Gasteiger partial charge in [0.15, 0.2) is 0 Å². The fourth-order valence-corrected chi connectivity index (χ4v) is 2.45. The summed E-state index contributed by atoms with van der Waals surface area (Å²) in [6.45, 7) is 2.33. The van der Waals surface area contributed by atoms with Crippen molar-refractivity contribution in [2.75, 3.05) is 13.2 Å². The van der Waals surface area contributed by atoms with Crippen LogP contribution in [0, 0.1) is 6.92 Å². The van der Waals surface area contributed by atoms with Gasteiger partial charge in [0.2, 0.25) is 0 Å². The Kier molecular flexibility index (Phi) is 3.56. The highest BCUT2D eigenvalue weighted by Gasteiger charge is 2.29. The summed E-state index contributed by atoms with van der Waals surface area (Å²) in [5.41, 5.74) is 0.517. The van der Waals surface area contributed by atoms with Crippen molar-refractivity contribution in [2.24, 2.45) is 0 Å². The van der Waals surface area contributed by atoms with Gasteiger partial charge in [0, 0.05) is 18.0 Å². The summed E-state index contributed by atoms with van der Waals surface area (Å²) in [7, 11) is 0. The Hall–Kier alpha value is -0.940. The first kappa shape index (κ1) is 11.5. The minimum atomic E-state index is -0.0388. The largest absolute Gasteiger partial charge is 0.395 e. The van der Waals surface area contributed by atoms with E-state index < -0.39 is 0 Å². The summed E-state index contributed by atoms with van der Waals surface area (Å²) in [6.07, 6.45) is 3.28. The average molecular weight is 240 g/mol. The fraction of sp³-hybridized carbons (Fsp3) is 0.636. The van der Waals surface area contributed by atoms with Gasteiger partial charge < -0.3 is 10.0 Å². The molecule has 0 atom stereocenters. The minimum absolute atomic E-state index is 0.0192. The Bertz CT molecular complexity index is 374. The molecule has 5 heteroatoms. The Morgan fingerprint density at radius 3 is 2.88 bits per heavy atom. The van der Waals surface area contributed by atoms with Crippen molar-refractivity contribution >= 4 is 17.2 Å². The number of carbonyl (C=O) groups excluding carboxylic acids is 1. The SMILES string of the molecule is Cc1nc(C(=O)N(CCO)C2CCC2)cs1. The first-order valence-corrected chi connectivity index (χ1v) is 6.44. The number of aryl methyl sites for hydroxylation is 1. The maximum Gasteiger partial charge on any atom is 0.273 e. The number of thiazole rings is 1. The normalized spacial score (nSPS) is 15.9. The number of hydrogen-bond donors (Lipinski definition) is 1. The van der Waals surface area contributed by atoms with Crippen molar-refractivity contribution in [3.8, 4) is 0 Å². The van der Waals surface area contributed by atoms with E-state index in [4.69, 9.17) is 5.11 Å². The molecule has 0 bridgehead atoms. The van der Waals surface area contributed by atoms with Crippen LogP contribution in [-0.2, 0) is 0 Å². The van der Waals surface area contributed by atoms with E-state index in [-0.39, 0.29) is 12.5 Å². The lowest BCUT2D eigenvalue weighted by Crippen LogP contribution is -2.45. The minimum Gasteiger partial charge on any atom is -0.395 e. The van der Waals surface area contributed by atoms with Crippen LogP contribution in [0.25, 0.3) is 0 Å². The molecule has 1 aliphatic carbocycles. The van der Waals surface area contributed by atoms with Crippen molar-refractivity contribution in [1.29, 1.82) is 0 Å². The third kappa shape index (κ3) is 2.25. The van der Waals surface area contributed by atoms with Crippen molar-refractivity contribution in [3.63, 3.8) is 0 Å². The number of amides is 1. The van der Waals surface area contributed by atoms with Crippen LogP contribution in [0.4, 0.5) is 0 Å². The van der Waals surface area contributed by atoms with Crippen LogP contribution < -0.4 is 0 Å². The molecular formula is C11H16N2O2S. The molecule has 0 aromatic carbocycles. The lowest BCUT2D eigenvalue weighted by Gasteiger charge is -2.36. The van der Waals surface area contributed by atoms with E-state index in [2.05, 4.69) is 4.98 Å². The van der Waals surface area contributed by atoms with Gasteiger partial charge in [0.1, 0.15) is 5.69 Å². The first-order chi connectivity index (χ1) is 7.72. The van der Waals surface area contributed by atoms with E-state index in [0.29, 0.717) is 18.3 Å². The van der Waals surface area contributed by atoms with Crippen molar-refractivity contribution in [1.82, 2.24) is 9.88 Å². The lowest BCUT2D eigenvalue weighted by molar-refractivity contribution is 0.0520. The molecule has 2 rings (SSSR count). The molecule has 0 unspecified atom stereocenters. The number of aliphatic hydroxyl groups excluding tert-OH is 1. The number of nitrogens with zero attached hydrogens (tertiary/aromatic N) is 2. The first-order valence-electron chi connectivity index (χ1n) is 5.56. The van der Waals surface area contributed by atoms with Gasteiger partial charge in [-0.1, -0.05) is 0 Å². The van der Waals surface area contributed by atoms with E-state index in [1.165, 1.54) is 17.8 Å². The number of aliphatic hydroxyl groups is 1. The van der Waals surface area contributed by atoms with Crippen LogP contribution >= 0.6 is 11.3 Å². The van der Waals surface area contributed by atoms with Crippen molar-refractivity contribution in [3.05, 3.63) is 16.1 Å². The molecule has 1 saturated carbocycles. The molecule has 1 amide bonds. The monoisotopic (exact) mass is 240 g/mol. The van der Waals surface area contributed by atoms with E-state index in [1.807, 2.05) is 6.92 Å². The maximum absolute atomic E-state index is 12.1. The third-order valence-electron chi connectivity index (χ3n) is 2.96. The summed E-state index contributed by atoms with van der Waals surface area (Å²) >= 11 is 1.48. The third-order valence-corrected chi connectivity index (χ3v) is 3.73. The molecule has 88 valence electrons.